The van der Waals surface area contributed by atoms with Crippen molar-refractivity contribution >= 4 is 11.8 Å². The number of aromatic nitrogens is 3. The Kier molecular flexibility index (Phi) is 3.01. The number of hydrogen-bond acceptors (Lipinski definition) is 5. The first-order valence-electron chi connectivity index (χ1n) is 6.16. The van der Waals surface area contributed by atoms with Gasteiger partial charge < -0.3 is 11.5 Å². The van der Waals surface area contributed by atoms with Crippen molar-refractivity contribution in [3.05, 3.63) is 54.6 Å². The van der Waals surface area contributed by atoms with Crippen LogP contribution in [0.3, 0.4) is 0 Å². The second-order valence-electron chi connectivity index (χ2n) is 4.32. The van der Waals surface area contributed by atoms with Crippen molar-refractivity contribution in [1.29, 1.82) is 0 Å². The van der Waals surface area contributed by atoms with Crippen molar-refractivity contribution in [1.82, 2.24) is 15.2 Å². The summed E-state index contributed by atoms with van der Waals surface area (Å²) >= 11 is 0. The van der Waals surface area contributed by atoms with E-state index in [1.54, 1.807) is 0 Å². The van der Waals surface area contributed by atoms with Gasteiger partial charge in [0, 0.05) is 5.56 Å². The lowest BCUT2D eigenvalue weighted by Crippen LogP contribution is -2.04. The van der Waals surface area contributed by atoms with Crippen LogP contribution in [0.4, 0.5) is 11.8 Å². The summed E-state index contributed by atoms with van der Waals surface area (Å²) in [4.78, 5) is 3.97. The van der Waals surface area contributed by atoms with Crippen LogP contribution < -0.4 is 11.5 Å². The first-order valence-corrected chi connectivity index (χ1v) is 6.16. The SMILES string of the molecule is Nc1nnc(-c2ccccc2-c2ccccc2)c(N)n1. The van der Waals surface area contributed by atoms with Crippen LogP contribution in [0, 0.1) is 0 Å². The van der Waals surface area contributed by atoms with E-state index in [0.29, 0.717) is 5.69 Å². The van der Waals surface area contributed by atoms with Crippen LogP contribution in [-0.4, -0.2) is 15.2 Å². The van der Waals surface area contributed by atoms with Gasteiger partial charge in [-0.1, -0.05) is 54.6 Å². The normalized spacial score (nSPS) is 10.4. The fourth-order valence-corrected chi connectivity index (χ4v) is 2.10. The number of hydrogen-bond donors (Lipinski definition) is 2. The van der Waals surface area contributed by atoms with Crippen LogP contribution in [0.15, 0.2) is 54.6 Å². The highest BCUT2D eigenvalue weighted by molar-refractivity contribution is 5.85. The second-order valence-corrected chi connectivity index (χ2v) is 4.32. The highest BCUT2D eigenvalue weighted by Crippen LogP contribution is 2.32. The van der Waals surface area contributed by atoms with Crippen LogP contribution in [0.5, 0.6) is 0 Å². The number of rotatable bonds is 2. The molecule has 3 rings (SSSR count). The van der Waals surface area contributed by atoms with Crippen LogP contribution in [0.25, 0.3) is 22.4 Å². The van der Waals surface area contributed by atoms with Gasteiger partial charge in [0.05, 0.1) is 0 Å². The predicted molar refractivity (Wildman–Crippen MR) is 79.5 cm³/mol. The topological polar surface area (TPSA) is 90.7 Å². The number of nitrogens with two attached hydrogens (primary N) is 2. The molecule has 0 saturated heterocycles. The fourth-order valence-electron chi connectivity index (χ4n) is 2.10. The molecule has 5 nitrogen and oxygen atoms in total. The third kappa shape index (κ3) is 2.16. The van der Waals surface area contributed by atoms with E-state index >= 15 is 0 Å². The zero-order valence-electron chi connectivity index (χ0n) is 10.7. The van der Waals surface area contributed by atoms with Gasteiger partial charge in [0.15, 0.2) is 5.82 Å². The van der Waals surface area contributed by atoms with Crippen LogP contribution in [0.1, 0.15) is 0 Å². The van der Waals surface area contributed by atoms with E-state index in [4.69, 9.17) is 11.5 Å². The maximum atomic E-state index is 5.91. The third-order valence-electron chi connectivity index (χ3n) is 3.00. The van der Waals surface area contributed by atoms with Crippen molar-refractivity contribution in [2.45, 2.75) is 0 Å². The van der Waals surface area contributed by atoms with Crippen molar-refractivity contribution in [2.24, 2.45) is 0 Å². The molecule has 1 heterocycles. The van der Waals surface area contributed by atoms with E-state index in [1.165, 1.54) is 0 Å². The summed E-state index contributed by atoms with van der Waals surface area (Å²) in [7, 11) is 0. The maximum absolute atomic E-state index is 5.91. The Labute approximate surface area is 116 Å². The Balaban J connectivity index is 2.20. The first-order chi connectivity index (χ1) is 9.75. The fraction of sp³-hybridized carbons (Fsp3) is 0. The van der Waals surface area contributed by atoms with Crippen molar-refractivity contribution in [3.63, 3.8) is 0 Å². The molecule has 0 aliphatic heterocycles. The molecule has 0 aliphatic rings. The molecule has 0 spiro atoms. The van der Waals surface area contributed by atoms with E-state index < -0.39 is 0 Å². The Morgan fingerprint density at radius 3 is 2.05 bits per heavy atom. The summed E-state index contributed by atoms with van der Waals surface area (Å²) in [6.07, 6.45) is 0. The molecule has 1 aromatic heterocycles. The number of nitrogens with zero attached hydrogens (tertiary/aromatic N) is 3. The molecular formula is C15H13N5. The zero-order valence-corrected chi connectivity index (χ0v) is 10.7. The Bertz CT molecular complexity index is 740. The molecule has 0 unspecified atom stereocenters. The van der Waals surface area contributed by atoms with Gasteiger partial charge in [0.1, 0.15) is 5.69 Å². The Morgan fingerprint density at radius 2 is 1.35 bits per heavy atom. The summed E-state index contributed by atoms with van der Waals surface area (Å²) in [5.41, 5.74) is 14.9. The van der Waals surface area contributed by atoms with Crippen molar-refractivity contribution in [3.8, 4) is 22.4 Å². The van der Waals surface area contributed by atoms with Gasteiger partial charge in [-0.3, -0.25) is 0 Å². The third-order valence-corrected chi connectivity index (χ3v) is 3.00. The summed E-state index contributed by atoms with van der Waals surface area (Å²) in [6.45, 7) is 0. The smallest absolute Gasteiger partial charge is 0.242 e. The molecule has 98 valence electrons. The van der Waals surface area contributed by atoms with Gasteiger partial charge in [-0.2, -0.15) is 4.98 Å². The van der Waals surface area contributed by atoms with E-state index in [1.807, 2.05) is 54.6 Å². The molecule has 0 bridgehead atoms. The average Bonchev–Trinajstić information content (AvgIpc) is 2.48. The lowest BCUT2D eigenvalue weighted by Gasteiger charge is -2.10. The van der Waals surface area contributed by atoms with E-state index in [9.17, 15) is 0 Å². The largest absolute Gasteiger partial charge is 0.382 e. The van der Waals surface area contributed by atoms with Gasteiger partial charge in [-0.25, -0.2) is 0 Å². The molecule has 3 aromatic rings. The molecule has 4 N–H and O–H groups in total. The van der Waals surface area contributed by atoms with E-state index in [-0.39, 0.29) is 11.8 Å². The highest BCUT2D eigenvalue weighted by Gasteiger charge is 2.12. The molecule has 0 aliphatic carbocycles. The molecule has 0 amide bonds. The van der Waals surface area contributed by atoms with E-state index in [2.05, 4.69) is 15.2 Å². The van der Waals surface area contributed by atoms with Crippen molar-refractivity contribution < 1.29 is 0 Å². The molecule has 20 heavy (non-hydrogen) atoms. The standard InChI is InChI=1S/C15H13N5/c16-14-13(19-20-15(17)18-14)12-9-5-4-8-11(12)10-6-2-1-3-7-10/h1-9H,(H4,16,17,18,20). The lowest BCUT2D eigenvalue weighted by atomic mass is 9.98. The Morgan fingerprint density at radius 1 is 0.700 bits per heavy atom. The van der Waals surface area contributed by atoms with Gasteiger partial charge in [-0.05, 0) is 11.1 Å². The quantitative estimate of drug-likeness (QED) is 0.740. The maximum Gasteiger partial charge on any atom is 0.242 e. The molecule has 5 heteroatoms. The van der Waals surface area contributed by atoms with Gasteiger partial charge >= 0.3 is 0 Å². The predicted octanol–water partition coefficient (Wildman–Crippen LogP) is 2.37. The molecule has 0 fully saturated rings. The molecule has 2 aromatic carbocycles. The first kappa shape index (κ1) is 12.1. The number of nitrogen functional groups attached to an aromatic ring is 2. The lowest BCUT2D eigenvalue weighted by molar-refractivity contribution is 1.000. The minimum Gasteiger partial charge on any atom is -0.382 e. The van der Waals surface area contributed by atoms with Crippen LogP contribution in [-0.2, 0) is 0 Å². The summed E-state index contributed by atoms with van der Waals surface area (Å²) < 4.78 is 0. The zero-order chi connectivity index (χ0) is 13.9. The van der Waals surface area contributed by atoms with Crippen LogP contribution >= 0.6 is 0 Å². The molecule has 0 saturated carbocycles. The van der Waals surface area contributed by atoms with E-state index in [0.717, 1.165) is 16.7 Å². The molecular weight excluding hydrogens is 250 g/mol. The minimum absolute atomic E-state index is 0.0726. The van der Waals surface area contributed by atoms with Gasteiger partial charge in [-0.15, -0.1) is 10.2 Å². The average molecular weight is 263 g/mol. The minimum atomic E-state index is 0.0726. The number of anilines is 2. The highest BCUT2D eigenvalue weighted by atomic mass is 15.2. The molecule has 0 radical (unpaired) electrons. The second kappa shape index (κ2) is 4.97. The number of benzene rings is 2. The summed E-state index contributed by atoms with van der Waals surface area (Å²) in [6, 6.07) is 17.9. The van der Waals surface area contributed by atoms with Gasteiger partial charge in [0.2, 0.25) is 5.95 Å². The van der Waals surface area contributed by atoms with Crippen molar-refractivity contribution in [2.75, 3.05) is 11.5 Å². The van der Waals surface area contributed by atoms with Crippen LogP contribution in [0.2, 0.25) is 0 Å². The molecule has 0 atom stereocenters. The Hall–Kier alpha value is -2.95. The van der Waals surface area contributed by atoms with Gasteiger partial charge in [0.25, 0.3) is 0 Å². The summed E-state index contributed by atoms with van der Waals surface area (Å²) in [5.74, 6) is 0.351. The summed E-state index contributed by atoms with van der Waals surface area (Å²) in [5, 5.41) is 7.86. The monoisotopic (exact) mass is 263 g/mol.